The minimum absolute atomic E-state index is 0.0761. The van der Waals surface area contributed by atoms with E-state index in [-0.39, 0.29) is 11.9 Å². The summed E-state index contributed by atoms with van der Waals surface area (Å²) in [7, 11) is 0. The van der Waals surface area contributed by atoms with Crippen molar-refractivity contribution in [1.29, 1.82) is 0 Å². The quantitative estimate of drug-likeness (QED) is 0.735. The van der Waals surface area contributed by atoms with Gasteiger partial charge in [-0.15, -0.1) is 0 Å². The van der Waals surface area contributed by atoms with Crippen LogP contribution in [0, 0.1) is 0 Å². The third kappa shape index (κ3) is 4.01. The molecular formula is C21H30N4O2. The van der Waals surface area contributed by atoms with Crippen LogP contribution in [0.3, 0.4) is 0 Å². The molecule has 2 aliphatic rings. The molecule has 2 fully saturated rings. The highest BCUT2D eigenvalue weighted by Gasteiger charge is 2.39. The second-order valence-electron chi connectivity index (χ2n) is 7.90. The Kier molecular flexibility index (Phi) is 5.74. The number of rotatable bonds is 7. The number of benzene rings is 1. The number of carbonyl (C=O) groups is 1. The van der Waals surface area contributed by atoms with E-state index in [0.29, 0.717) is 17.8 Å². The summed E-state index contributed by atoms with van der Waals surface area (Å²) in [5.74, 6) is -0.0761. The van der Waals surface area contributed by atoms with Crippen molar-refractivity contribution in [2.45, 2.75) is 63.6 Å². The van der Waals surface area contributed by atoms with Gasteiger partial charge in [0.15, 0.2) is 5.69 Å². The van der Waals surface area contributed by atoms with E-state index >= 15 is 0 Å². The Morgan fingerprint density at radius 3 is 2.78 bits per heavy atom. The van der Waals surface area contributed by atoms with E-state index in [1.165, 1.54) is 25.7 Å². The van der Waals surface area contributed by atoms with Crippen LogP contribution in [0.25, 0.3) is 10.9 Å². The smallest absolute Gasteiger partial charge is 0.272 e. The molecule has 2 bridgehead atoms. The number of ether oxygens (including phenoxy) is 1. The zero-order valence-corrected chi connectivity index (χ0v) is 16.1. The maximum absolute atomic E-state index is 12.8. The van der Waals surface area contributed by atoms with Crippen molar-refractivity contribution in [3.8, 4) is 0 Å². The fraction of sp³-hybridized carbons (Fsp3) is 0.619. The minimum atomic E-state index is -0.0761. The summed E-state index contributed by atoms with van der Waals surface area (Å²) in [6, 6.07) is 8.79. The molecule has 3 heterocycles. The summed E-state index contributed by atoms with van der Waals surface area (Å²) >= 11 is 0. The van der Waals surface area contributed by atoms with Gasteiger partial charge in [-0.2, -0.15) is 5.10 Å². The number of aromatic nitrogens is 2. The number of amides is 1. The lowest BCUT2D eigenvalue weighted by atomic mass is 9.89. The molecule has 1 unspecified atom stereocenters. The van der Waals surface area contributed by atoms with Crippen molar-refractivity contribution in [2.24, 2.45) is 0 Å². The zero-order chi connectivity index (χ0) is 18.6. The molecule has 1 aromatic heterocycles. The van der Waals surface area contributed by atoms with E-state index in [1.807, 2.05) is 24.3 Å². The SMILES string of the molecule is CCCCCCN1[C@@H]2COC[C@H]1CC(NC(=O)c1n[nH]c3ccccc13)C2. The average Bonchev–Trinajstić information content (AvgIpc) is 3.09. The van der Waals surface area contributed by atoms with E-state index in [4.69, 9.17) is 4.74 Å². The predicted molar refractivity (Wildman–Crippen MR) is 106 cm³/mol. The normalized spacial score (nSPS) is 25.6. The van der Waals surface area contributed by atoms with E-state index in [2.05, 4.69) is 27.3 Å². The summed E-state index contributed by atoms with van der Waals surface area (Å²) in [6.45, 7) is 4.96. The van der Waals surface area contributed by atoms with Gasteiger partial charge in [-0.05, 0) is 31.9 Å². The molecule has 2 aromatic rings. The number of fused-ring (bicyclic) bond motifs is 3. The Hall–Kier alpha value is -1.92. The van der Waals surface area contributed by atoms with Crippen molar-refractivity contribution >= 4 is 16.8 Å². The molecular weight excluding hydrogens is 340 g/mol. The molecule has 2 N–H and O–H groups in total. The fourth-order valence-electron chi connectivity index (χ4n) is 4.58. The largest absolute Gasteiger partial charge is 0.378 e. The molecule has 2 saturated heterocycles. The molecule has 146 valence electrons. The molecule has 27 heavy (non-hydrogen) atoms. The van der Waals surface area contributed by atoms with E-state index in [0.717, 1.165) is 43.5 Å². The van der Waals surface area contributed by atoms with Crippen LogP contribution in [0.15, 0.2) is 24.3 Å². The lowest BCUT2D eigenvalue weighted by molar-refractivity contribution is -0.0803. The first kappa shape index (κ1) is 18.4. The third-order valence-corrected chi connectivity index (χ3v) is 5.96. The summed E-state index contributed by atoms with van der Waals surface area (Å²) in [5, 5.41) is 11.3. The number of unbranched alkanes of at least 4 members (excludes halogenated alkanes) is 3. The van der Waals surface area contributed by atoms with Gasteiger partial charge in [0.25, 0.3) is 5.91 Å². The van der Waals surface area contributed by atoms with Crippen LogP contribution < -0.4 is 5.32 Å². The number of H-pyrrole nitrogens is 1. The molecule has 0 aliphatic carbocycles. The first-order valence-electron chi connectivity index (χ1n) is 10.3. The number of para-hydroxylation sites is 1. The molecule has 0 saturated carbocycles. The monoisotopic (exact) mass is 370 g/mol. The Balaban J connectivity index is 1.38. The standard InChI is InChI=1S/C21H30N4O2/c1-2-3-4-7-10-25-16-11-15(12-17(25)14-27-13-16)22-21(26)20-18-8-5-6-9-19(18)23-24-20/h5-6,8-9,15-17H,2-4,7,10-14H2,1H3,(H,22,26)(H,23,24)/t15?,16-,17+. The fourth-order valence-corrected chi connectivity index (χ4v) is 4.58. The number of aromatic amines is 1. The van der Waals surface area contributed by atoms with Crippen LogP contribution in [0.5, 0.6) is 0 Å². The molecule has 6 nitrogen and oxygen atoms in total. The average molecular weight is 370 g/mol. The predicted octanol–water partition coefficient (Wildman–Crippen LogP) is 3.10. The Morgan fingerprint density at radius 2 is 2.00 bits per heavy atom. The van der Waals surface area contributed by atoms with Crippen molar-refractivity contribution < 1.29 is 9.53 Å². The van der Waals surface area contributed by atoms with E-state index in [1.54, 1.807) is 0 Å². The van der Waals surface area contributed by atoms with Gasteiger partial charge in [-0.1, -0.05) is 44.4 Å². The van der Waals surface area contributed by atoms with Crippen molar-refractivity contribution in [2.75, 3.05) is 19.8 Å². The number of nitrogens with one attached hydrogen (secondary N) is 2. The highest BCUT2D eigenvalue weighted by Crippen LogP contribution is 2.28. The maximum Gasteiger partial charge on any atom is 0.272 e. The molecule has 4 rings (SSSR count). The lowest BCUT2D eigenvalue weighted by Gasteiger charge is -2.48. The molecule has 1 amide bonds. The van der Waals surface area contributed by atoms with Gasteiger partial charge in [0.2, 0.25) is 0 Å². The first-order chi connectivity index (χ1) is 13.3. The highest BCUT2D eigenvalue weighted by molar-refractivity contribution is 6.04. The van der Waals surface area contributed by atoms with Crippen LogP contribution in [-0.4, -0.2) is 58.9 Å². The van der Waals surface area contributed by atoms with E-state index in [9.17, 15) is 4.79 Å². The third-order valence-electron chi connectivity index (χ3n) is 5.96. The van der Waals surface area contributed by atoms with Crippen molar-refractivity contribution in [3.63, 3.8) is 0 Å². The second-order valence-corrected chi connectivity index (χ2v) is 7.90. The van der Waals surface area contributed by atoms with Crippen LogP contribution in [-0.2, 0) is 4.74 Å². The van der Waals surface area contributed by atoms with Crippen LogP contribution >= 0.6 is 0 Å². The first-order valence-corrected chi connectivity index (χ1v) is 10.3. The molecule has 3 atom stereocenters. The van der Waals surface area contributed by atoms with Gasteiger partial charge in [0.1, 0.15) is 0 Å². The number of carbonyl (C=O) groups excluding carboxylic acids is 1. The van der Waals surface area contributed by atoms with Crippen LogP contribution in [0.2, 0.25) is 0 Å². The second kappa shape index (κ2) is 8.40. The van der Waals surface area contributed by atoms with E-state index < -0.39 is 0 Å². The summed E-state index contributed by atoms with van der Waals surface area (Å²) in [5.41, 5.74) is 1.39. The maximum atomic E-state index is 12.8. The van der Waals surface area contributed by atoms with Gasteiger partial charge in [-0.3, -0.25) is 14.8 Å². The van der Waals surface area contributed by atoms with Crippen LogP contribution in [0.4, 0.5) is 0 Å². The van der Waals surface area contributed by atoms with Crippen molar-refractivity contribution in [3.05, 3.63) is 30.0 Å². The highest BCUT2D eigenvalue weighted by atomic mass is 16.5. The Bertz CT molecular complexity index is 760. The number of hydrogen-bond donors (Lipinski definition) is 2. The molecule has 0 radical (unpaired) electrons. The molecule has 0 spiro atoms. The summed E-state index contributed by atoms with van der Waals surface area (Å²) in [6.07, 6.45) is 7.06. The summed E-state index contributed by atoms with van der Waals surface area (Å²) < 4.78 is 5.81. The number of hydrogen-bond acceptors (Lipinski definition) is 4. The molecule has 6 heteroatoms. The topological polar surface area (TPSA) is 70.2 Å². The van der Waals surface area contributed by atoms with Gasteiger partial charge in [-0.25, -0.2) is 0 Å². The minimum Gasteiger partial charge on any atom is -0.378 e. The molecule has 2 aliphatic heterocycles. The number of piperidine rings is 1. The van der Waals surface area contributed by atoms with Gasteiger partial charge in [0.05, 0.1) is 18.7 Å². The van der Waals surface area contributed by atoms with Crippen LogP contribution in [0.1, 0.15) is 55.9 Å². The Labute approximate surface area is 160 Å². The number of nitrogens with zero attached hydrogens (tertiary/aromatic N) is 2. The zero-order valence-electron chi connectivity index (χ0n) is 16.1. The van der Waals surface area contributed by atoms with Gasteiger partial charge < -0.3 is 10.1 Å². The number of morpholine rings is 1. The van der Waals surface area contributed by atoms with Gasteiger partial charge >= 0.3 is 0 Å². The van der Waals surface area contributed by atoms with Crippen molar-refractivity contribution in [1.82, 2.24) is 20.4 Å². The van der Waals surface area contributed by atoms with Gasteiger partial charge in [0, 0.05) is 23.5 Å². The molecule has 1 aromatic carbocycles. The lowest BCUT2D eigenvalue weighted by Crippen LogP contribution is -2.60. The Morgan fingerprint density at radius 1 is 1.22 bits per heavy atom. The summed E-state index contributed by atoms with van der Waals surface area (Å²) in [4.78, 5) is 15.4.